The standard InChI is InChI=1S/C13H21NO2/c1-11(14(2)9-10-16-3)13(15)12-7-5-4-6-8-12/h4-8,11,13,15H,9-10H2,1-3H3/t11-,13+/m0/s1. The first kappa shape index (κ1) is 13.2. The fourth-order valence-corrected chi connectivity index (χ4v) is 1.61. The summed E-state index contributed by atoms with van der Waals surface area (Å²) >= 11 is 0. The molecule has 3 nitrogen and oxygen atoms in total. The van der Waals surface area contributed by atoms with E-state index in [4.69, 9.17) is 4.74 Å². The lowest BCUT2D eigenvalue weighted by Gasteiger charge is -2.28. The van der Waals surface area contributed by atoms with E-state index < -0.39 is 6.10 Å². The minimum absolute atomic E-state index is 0.0811. The van der Waals surface area contributed by atoms with E-state index in [1.54, 1.807) is 7.11 Å². The maximum atomic E-state index is 10.2. The van der Waals surface area contributed by atoms with Gasteiger partial charge < -0.3 is 9.84 Å². The summed E-state index contributed by atoms with van der Waals surface area (Å²) in [5, 5.41) is 10.2. The molecule has 0 aliphatic heterocycles. The molecule has 1 rings (SSSR count). The number of hydrogen-bond donors (Lipinski definition) is 1. The van der Waals surface area contributed by atoms with Crippen LogP contribution in [0.25, 0.3) is 0 Å². The number of benzene rings is 1. The van der Waals surface area contributed by atoms with E-state index >= 15 is 0 Å². The molecule has 0 aromatic heterocycles. The number of likely N-dealkylation sites (N-methyl/N-ethyl adjacent to an activating group) is 1. The smallest absolute Gasteiger partial charge is 0.0942 e. The molecular formula is C13H21NO2. The summed E-state index contributed by atoms with van der Waals surface area (Å²) in [6.07, 6.45) is -0.456. The molecule has 2 atom stereocenters. The maximum absolute atomic E-state index is 10.2. The van der Waals surface area contributed by atoms with Crippen molar-refractivity contribution < 1.29 is 9.84 Å². The number of ether oxygens (including phenoxy) is 1. The highest BCUT2D eigenvalue weighted by molar-refractivity contribution is 5.18. The summed E-state index contributed by atoms with van der Waals surface area (Å²) in [4.78, 5) is 2.10. The molecule has 0 heterocycles. The van der Waals surface area contributed by atoms with Gasteiger partial charge in [-0.15, -0.1) is 0 Å². The van der Waals surface area contributed by atoms with E-state index in [2.05, 4.69) is 4.90 Å². The van der Waals surface area contributed by atoms with Crippen molar-refractivity contribution in [3.05, 3.63) is 35.9 Å². The van der Waals surface area contributed by atoms with Crippen molar-refractivity contribution >= 4 is 0 Å². The predicted molar refractivity (Wildman–Crippen MR) is 65.4 cm³/mol. The zero-order valence-electron chi connectivity index (χ0n) is 10.3. The predicted octanol–water partition coefficient (Wildman–Crippen LogP) is 1.69. The molecule has 16 heavy (non-hydrogen) atoms. The van der Waals surface area contributed by atoms with Crippen LogP contribution in [0.2, 0.25) is 0 Å². The van der Waals surface area contributed by atoms with Crippen molar-refractivity contribution in [2.45, 2.75) is 19.1 Å². The summed E-state index contributed by atoms with van der Waals surface area (Å²) in [5.74, 6) is 0. The Kier molecular flexibility index (Phi) is 5.46. The van der Waals surface area contributed by atoms with Crippen molar-refractivity contribution in [3.8, 4) is 0 Å². The molecule has 0 unspecified atom stereocenters. The van der Waals surface area contributed by atoms with E-state index in [1.807, 2.05) is 44.3 Å². The summed E-state index contributed by atoms with van der Waals surface area (Å²) < 4.78 is 5.02. The minimum Gasteiger partial charge on any atom is -0.387 e. The van der Waals surface area contributed by atoms with Gasteiger partial charge in [0, 0.05) is 19.7 Å². The van der Waals surface area contributed by atoms with Gasteiger partial charge >= 0.3 is 0 Å². The molecule has 0 bridgehead atoms. The molecule has 0 spiro atoms. The first-order valence-electron chi connectivity index (χ1n) is 5.59. The van der Waals surface area contributed by atoms with Gasteiger partial charge in [-0.1, -0.05) is 30.3 Å². The lowest BCUT2D eigenvalue weighted by atomic mass is 10.0. The van der Waals surface area contributed by atoms with Crippen LogP contribution in [-0.2, 0) is 4.74 Å². The van der Waals surface area contributed by atoms with Crippen LogP contribution in [0.15, 0.2) is 30.3 Å². The molecule has 0 aliphatic carbocycles. The van der Waals surface area contributed by atoms with Gasteiger partial charge in [-0.2, -0.15) is 0 Å². The molecule has 90 valence electrons. The van der Waals surface area contributed by atoms with Crippen LogP contribution in [0, 0.1) is 0 Å². The Bertz CT molecular complexity index is 289. The normalized spacial score (nSPS) is 15.1. The highest BCUT2D eigenvalue weighted by Gasteiger charge is 2.19. The topological polar surface area (TPSA) is 32.7 Å². The highest BCUT2D eigenvalue weighted by atomic mass is 16.5. The third-order valence-corrected chi connectivity index (χ3v) is 2.94. The second-order valence-corrected chi connectivity index (χ2v) is 4.07. The van der Waals surface area contributed by atoms with E-state index in [0.29, 0.717) is 6.61 Å². The Hall–Kier alpha value is -0.900. The molecule has 0 saturated carbocycles. The van der Waals surface area contributed by atoms with Gasteiger partial charge in [-0.3, -0.25) is 4.90 Å². The molecule has 0 saturated heterocycles. The quantitative estimate of drug-likeness (QED) is 0.796. The molecule has 0 amide bonds. The zero-order chi connectivity index (χ0) is 12.0. The van der Waals surface area contributed by atoms with Crippen LogP contribution >= 0.6 is 0 Å². The van der Waals surface area contributed by atoms with Crippen molar-refractivity contribution in [3.63, 3.8) is 0 Å². The van der Waals surface area contributed by atoms with Crippen LogP contribution in [-0.4, -0.2) is 43.4 Å². The first-order valence-corrected chi connectivity index (χ1v) is 5.59. The monoisotopic (exact) mass is 223 g/mol. The Labute approximate surface area is 97.7 Å². The molecule has 0 aliphatic rings. The average molecular weight is 223 g/mol. The van der Waals surface area contributed by atoms with E-state index in [0.717, 1.165) is 12.1 Å². The minimum atomic E-state index is -0.456. The van der Waals surface area contributed by atoms with Crippen molar-refractivity contribution in [2.24, 2.45) is 0 Å². The number of rotatable bonds is 6. The Morgan fingerprint density at radius 1 is 1.31 bits per heavy atom. The van der Waals surface area contributed by atoms with E-state index in [1.165, 1.54) is 0 Å². The lowest BCUT2D eigenvalue weighted by molar-refractivity contribution is 0.0566. The second-order valence-electron chi connectivity index (χ2n) is 4.07. The third kappa shape index (κ3) is 3.59. The third-order valence-electron chi connectivity index (χ3n) is 2.94. The summed E-state index contributed by atoms with van der Waals surface area (Å²) in [7, 11) is 3.68. The molecule has 0 fully saturated rings. The van der Waals surface area contributed by atoms with Crippen LogP contribution < -0.4 is 0 Å². The number of hydrogen-bond acceptors (Lipinski definition) is 3. The molecule has 1 N–H and O–H groups in total. The first-order chi connectivity index (χ1) is 7.66. The zero-order valence-corrected chi connectivity index (χ0v) is 10.3. The fraction of sp³-hybridized carbons (Fsp3) is 0.538. The lowest BCUT2D eigenvalue weighted by Crippen LogP contribution is -2.36. The molecule has 1 aromatic rings. The fourth-order valence-electron chi connectivity index (χ4n) is 1.61. The number of aliphatic hydroxyl groups is 1. The van der Waals surface area contributed by atoms with Crippen LogP contribution in [0.1, 0.15) is 18.6 Å². The van der Waals surface area contributed by atoms with Gasteiger partial charge in [0.15, 0.2) is 0 Å². The average Bonchev–Trinajstić information content (AvgIpc) is 2.35. The van der Waals surface area contributed by atoms with Gasteiger partial charge in [-0.25, -0.2) is 0 Å². The molecular weight excluding hydrogens is 202 g/mol. The van der Waals surface area contributed by atoms with Crippen molar-refractivity contribution in [1.29, 1.82) is 0 Å². The van der Waals surface area contributed by atoms with E-state index in [9.17, 15) is 5.11 Å². The molecule has 1 aromatic carbocycles. The summed E-state index contributed by atoms with van der Waals surface area (Å²) in [6.45, 7) is 3.53. The number of aliphatic hydroxyl groups excluding tert-OH is 1. The van der Waals surface area contributed by atoms with Gasteiger partial charge in [0.05, 0.1) is 12.7 Å². The van der Waals surface area contributed by atoms with Crippen LogP contribution in [0.3, 0.4) is 0 Å². The van der Waals surface area contributed by atoms with Crippen molar-refractivity contribution in [2.75, 3.05) is 27.3 Å². The second kappa shape index (κ2) is 6.63. The SMILES string of the molecule is COCCN(C)[C@@H](C)[C@@H](O)c1ccccc1. The Morgan fingerprint density at radius 3 is 2.50 bits per heavy atom. The number of methoxy groups -OCH3 is 1. The maximum Gasteiger partial charge on any atom is 0.0942 e. The van der Waals surface area contributed by atoms with E-state index in [-0.39, 0.29) is 6.04 Å². The molecule has 3 heteroatoms. The highest BCUT2D eigenvalue weighted by Crippen LogP contribution is 2.19. The van der Waals surface area contributed by atoms with Gasteiger partial charge in [0.1, 0.15) is 0 Å². The largest absolute Gasteiger partial charge is 0.387 e. The molecule has 0 radical (unpaired) electrons. The van der Waals surface area contributed by atoms with Crippen molar-refractivity contribution in [1.82, 2.24) is 4.90 Å². The van der Waals surface area contributed by atoms with Gasteiger partial charge in [0.2, 0.25) is 0 Å². The van der Waals surface area contributed by atoms with Crippen LogP contribution in [0.4, 0.5) is 0 Å². The number of nitrogens with zero attached hydrogens (tertiary/aromatic N) is 1. The Balaban J connectivity index is 2.56. The van der Waals surface area contributed by atoms with Crippen LogP contribution in [0.5, 0.6) is 0 Å². The van der Waals surface area contributed by atoms with Gasteiger partial charge in [-0.05, 0) is 19.5 Å². The van der Waals surface area contributed by atoms with Gasteiger partial charge in [0.25, 0.3) is 0 Å². The Morgan fingerprint density at radius 2 is 1.94 bits per heavy atom. The summed E-state index contributed by atoms with van der Waals surface area (Å²) in [5.41, 5.74) is 0.958. The summed E-state index contributed by atoms with van der Waals surface area (Å²) in [6, 6.07) is 9.82.